The van der Waals surface area contributed by atoms with Gasteiger partial charge in [0.2, 0.25) is 17.7 Å². The van der Waals surface area contributed by atoms with E-state index in [4.69, 9.17) is 0 Å². The van der Waals surface area contributed by atoms with Crippen LogP contribution in [-0.4, -0.2) is 28.7 Å². The Hall–Kier alpha value is -1.76. The predicted octanol–water partition coefficient (Wildman–Crippen LogP) is 0.928. The molecule has 0 spiro atoms. The summed E-state index contributed by atoms with van der Waals surface area (Å²) in [6, 6.07) is 2.91. The van der Waals surface area contributed by atoms with E-state index in [2.05, 4.69) is 26.2 Å². The molecule has 1 atom stereocenters. The van der Waals surface area contributed by atoms with Crippen LogP contribution in [0, 0.1) is 0 Å². The summed E-state index contributed by atoms with van der Waals surface area (Å²) >= 11 is 3.30. The Morgan fingerprint density at radius 2 is 2.00 bits per heavy atom. The molecule has 3 amide bonds. The summed E-state index contributed by atoms with van der Waals surface area (Å²) < 4.78 is 0.703. The predicted molar refractivity (Wildman–Crippen MR) is 73.9 cm³/mol. The van der Waals surface area contributed by atoms with Gasteiger partial charge in [-0.15, -0.1) is 0 Å². The van der Waals surface area contributed by atoms with Gasteiger partial charge in [-0.05, 0) is 34.5 Å². The maximum Gasteiger partial charge on any atom is 0.249 e. The third-order valence-electron chi connectivity index (χ3n) is 3.54. The molecule has 0 aromatic carbocycles. The number of nitrogens with zero attached hydrogens (tertiary/aromatic N) is 2. The molecule has 3 heterocycles. The Morgan fingerprint density at radius 1 is 1.20 bits per heavy atom. The Morgan fingerprint density at radius 3 is 2.75 bits per heavy atom. The van der Waals surface area contributed by atoms with Crippen LogP contribution in [0.25, 0.3) is 0 Å². The number of imide groups is 1. The van der Waals surface area contributed by atoms with Crippen LogP contribution in [0.1, 0.15) is 25.0 Å². The second-order valence-corrected chi connectivity index (χ2v) is 5.64. The van der Waals surface area contributed by atoms with Gasteiger partial charge >= 0.3 is 0 Å². The van der Waals surface area contributed by atoms with Crippen molar-refractivity contribution in [1.29, 1.82) is 0 Å². The molecule has 7 heteroatoms. The van der Waals surface area contributed by atoms with E-state index in [1.54, 1.807) is 12.1 Å². The molecule has 0 bridgehead atoms. The van der Waals surface area contributed by atoms with E-state index in [-0.39, 0.29) is 18.2 Å². The minimum atomic E-state index is -0.623. The molecule has 0 radical (unpaired) electrons. The van der Waals surface area contributed by atoms with Crippen molar-refractivity contribution >= 4 is 39.3 Å². The van der Waals surface area contributed by atoms with Crippen molar-refractivity contribution in [1.82, 2.24) is 10.3 Å². The van der Waals surface area contributed by atoms with Gasteiger partial charge in [-0.3, -0.25) is 24.6 Å². The fourth-order valence-electron chi connectivity index (χ4n) is 2.62. The number of carbonyl (C=O) groups is 3. The Bertz CT molecular complexity index is 617. The monoisotopic (exact) mass is 337 g/mol. The van der Waals surface area contributed by atoms with Gasteiger partial charge in [0, 0.05) is 19.3 Å². The van der Waals surface area contributed by atoms with E-state index in [1.165, 1.54) is 4.90 Å². The van der Waals surface area contributed by atoms with Crippen LogP contribution >= 0.6 is 15.9 Å². The van der Waals surface area contributed by atoms with Crippen LogP contribution in [0.15, 0.2) is 16.7 Å². The molecule has 6 nitrogen and oxygen atoms in total. The summed E-state index contributed by atoms with van der Waals surface area (Å²) in [5.41, 5.74) is 1.46. The van der Waals surface area contributed by atoms with Crippen molar-refractivity contribution in [2.75, 3.05) is 4.90 Å². The lowest BCUT2D eigenvalue weighted by atomic mass is 9.99. The standard InChI is InChI=1S/C13H12BrN3O3/c14-10-4-2-8-7(15-10)1-6-12(19)17(8)9-3-5-11(18)16-13(9)20/h2,4,9H,1,3,5-6H2,(H,16,18,20). The maximum absolute atomic E-state index is 12.2. The lowest BCUT2D eigenvalue weighted by Crippen LogP contribution is -2.55. The highest BCUT2D eigenvalue weighted by molar-refractivity contribution is 9.10. The van der Waals surface area contributed by atoms with E-state index in [1.807, 2.05) is 0 Å². The first-order valence-electron chi connectivity index (χ1n) is 6.37. The molecule has 0 saturated carbocycles. The van der Waals surface area contributed by atoms with Crippen LogP contribution in [0.2, 0.25) is 0 Å². The summed E-state index contributed by atoms with van der Waals surface area (Å²) in [6.07, 6.45) is 1.50. The molecule has 0 aliphatic carbocycles. The summed E-state index contributed by atoms with van der Waals surface area (Å²) in [4.78, 5) is 41.2. The quantitative estimate of drug-likeness (QED) is 0.610. The lowest BCUT2D eigenvalue weighted by Gasteiger charge is -2.36. The molecule has 1 N–H and O–H groups in total. The number of anilines is 1. The van der Waals surface area contributed by atoms with E-state index >= 15 is 0 Å². The van der Waals surface area contributed by atoms with Crippen molar-refractivity contribution < 1.29 is 14.4 Å². The lowest BCUT2D eigenvalue weighted by molar-refractivity contribution is -0.135. The molecule has 1 fully saturated rings. The zero-order valence-electron chi connectivity index (χ0n) is 10.6. The normalized spacial score (nSPS) is 22.6. The number of nitrogens with one attached hydrogen (secondary N) is 1. The highest BCUT2D eigenvalue weighted by atomic mass is 79.9. The van der Waals surface area contributed by atoms with Crippen LogP contribution in [0.5, 0.6) is 0 Å². The fourth-order valence-corrected chi connectivity index (χ4v) is 2.97. The average molecular weight is 338 g/mol. The Labute approximate surface area is 123 Å². The summed E-state index contributed by atoms with van der Waals surface area (Å²) in [5.74, 6) is -0.800. The number of amides is 3. The number of hydrogen-bond acceptors (Lipinski definition) is 4. The number of aryl methyl sites for hydroxylation is 1. The van der Waals surface area contributed by atoms with Crippen LogP contribution in [0.3, 0.4) is 0 Å². The Kier molecular flexibility index (Phi) is 3.29. The number of aromatic nitrogens is 1. The van der Waals surface area contributed by atoms with Gasteiger partial charge in [0.05, 0.1) is 11.4 Å². The zero-order chi connectivity index (χ0) is 14.3. The van der Waals surface area contributed by atoms with Crippen LogP contribution in [0.4, 0.5) is 5.69 Å². The number of carbonyl (C=O) groups excluding carboxylic acids is 3. The molecule has 1 unspecified atom stereocenters. The Balaban J connectivity index is 1.99. The number of rotatable bonds is 1. The first-order valence-corrected chi connectivity index (χ1v) is 7.17. The molecule has 1 saturated heterocycles. The van der Waals surface area contributed by atoms with Crippen molar-refractivity contribution in [3.05, 3.63) is 22.4 Å². The first kappa shape index (κ1) is 13.2. The summed E-state index contributed by atoms with van der Waals surface area (Å²) in [5, 5.41) is 2.29. The molecule has 1 aromatic rings. The molecule has 2 aliphatic heterocycles. The van der Waals surface area contributed by atoms with Gasteiger partial charge in [-0.25, -0.2) is 4.98 Å². The van der Waals surface area contributed by atoms with Gasteiger partial charge in [-0.2, -0.15) is 0 Å². The third-order valence-corrected chi connectivity index (χ3v) is 3.98. The topological polar surface area (TPSA) is 79.4 Å². The molecule has 1 aromatic heterocycles. The molecule has 20 heavy (non-hydrogen) atoms. The second kappa shape index (κ2) is 4.97. The maximum atomic E-state index is 12.2. The van der Waals surface area contributed by atoms with Gasteiger partial charge in [0.15, 0.2) is 0 Å². The van der Waals surface area contributed by atoms with Crippen molar-refractivity contribution in [3.8, 4) is 0 Å². The van der Waals surface area contributed by atoms with E-state index < -0.39 is 11.9 Å². The third kappa shape index (κ3) is 2.22. The number of fused-ring (bicyclic) bond motifs is 1. The van der Waals surface area contributed by atoms with E-state index in [0.717, 1.165) is 5.69 Å². The summed E-state index contributed by atoms with van der Waals surface area (Å²) in [6.45, 7) is 0. The van der Waals surface area contributed by atoms with Crippen LogP contribution in [-0.2, 0) is 20.8 Å². The molecular formula is C13H12BrN3O3. The fraction of sp³-hybridized carbons (Fsp3) is 0.385. The first-order chi connectivity index (χ1) is 9.56. The van der Waals surface area contributed by atoms with Crippen LogP contribution < -0.4 is 10.2 Å². The minimum Gasteiger partial charge on any atom is -0.298 e. The number of pyridine rings is 1. The highest BCUT2D eigenvalue weighted by Gasteiger charge is 2.38. The minimum absolute atomic E-state index is 0.101. The van der Waals surface area contributed by atoms with Gasteiger partial charge in [0.25, 0.3) is 0 Å². The van der Waals surface area contributed by atoms with Gasteiger partial charge in [0.1, 0.15) is 10.6 Å². The summed E-state index contributed by atoms with van der Waals surface area (Å²) in [7, 11) is 0. The number of piperidine rings is 1. The van der Waals surface area contributed by atoms with Crippen molar-refractivity contribution in [2.24, 2.45) is 0 Å². The number of hydrogen-bond donors (Lipinski definition) is 1. The smallest absolute Gasteiger partial charge is 0.249 e. The molecular weight excluding hydrogens is 326 g/mol. The van der Waals surface area contributed by atoms with E-state index in [9.17, 15) is 14.4 Å². The largest absolute Gasteiger partial charge is 0.298 e. The average Bonchev–Trinajstić information content (AvgIpc) is 2.40. The number of halogens is 1. The molecule has 2 aliphatic rings. The zero-order valence-corrected chi connectivity index (χ0v) is 12.1. The van der Waals surface area contributed by atoms with E-state index in [0.29, 0.717) is 29.6 Å². The molecule has 104 valence electrons. The van der Waals surface area contributed by atoms with Crippen molar-refractivity contribution in [3.63, 3.8) is 0 Å². The second-order valence-electron chi connectivity index (χ2n) is 4.83. The SMILES string of the molecule is O=C1CCC(N2C(=O)CCc3nc(Br)ccc32)C(=O)N1. The highest BCUT2D eigenvalue weighted by Crippen LogP contribution is 2.31. The molecule has 3 rings (SSSR count). The van der Waals surface area contributed by atoms with Gasteiger partial charge < -0.3 is 0 Å². The van der Waals surface area contributed by atoms with Gasteiger partial charge in [-0.1, -0.05) is 0 Å². The van der Waals surface area contributed by atoms with Crippen molar-refractivity contribution in [2.45, 2.75) is 31.7 Å².